The third kappa shape index (κ3) is 2.35. The van der Waals surface area contributed by atoms with E-state index < -0.39 is 0 Å². The highest BCUT2D eigenvalue weighted by molar-refractivity contribution is 5.94. The highest BCUT2D eigenvalue weighted by Crippen LogP contribution is 2.35. The predicted molar refractivity (Wildman–Crippen MR) is 82.3 cm³/mol. The van der Waals surface area contributed by atoms with E-state index in [0.717, 1.165) is 30.5 Å². The summed E-state index contributed by atoms with van der Waals surface area (Å²) in [5, 5.41) is 10.2. The van der Waals surface area contributed by atoms with Crippen LogP contribution in [0.1, 0.15) is 52.6 Å². The van der Waals surface area contributed by atoms with Gasteiger partial charge >= 0.3 is 0 Å². The number of amides is 1. The van der Waals surface area contributed by atoms with Crippen LogP contribution in [-0.4, -0.2) is 16.1 Å². The lowest BCUT2D eigenvalue weighted by molar-refractivity contribution is 0.0889. The molecule has 0 radical (unpaired) electrons. The molecule has 110 valence electrons. The van der Waals surface area contributed by atoms with E-state index in [1.165, 1.54) is 11.1 Å². The van der Waals surface area contributed by atoms with Crippen molar-refractivity contribution in [2.45, 2.75) is 45.6 Å². The van der Waals surface area contributed by atoms with E-state index in [2.05, 4.69) is 40.6 Å². The Morgan fingerprint density at radius 1 is 1.33 bits per heavy atom. The number of nitrogens with one attached hydrogen (secondary N) is 2. The summed E-state index contributed by atoms with van der Waals surface area (Å²) in [6, 6.07) is 8.38. The van der Waals surface area contributed by atoms with Gasteiger partial charge in [-0.2, -0.15) is 5.10 Å². The maximum Gasteiger partial charge on any atom is 0.272 e. The minimum absolute atomic E-state index is 0.101. The van der Waals surface area contributed by atoms with Crippen LogP contribution in [0.15, 0.2) is 24.3 Å². The lowest BCUT2D eigenvalue weighted by Crippen LogP contribution is -2.46. The molecule has 1 heterocycles. The van der Waals surface area contributed by atoms with Gasteiger partial charge in [0, 0.05) is 11.3 Å². The number of nitrogens with zero attached hydrogens (tertiary/aromatic N) is 1. The quantitative estimate of drug-likeness (QED) is 0.890. The maximum atomic E-state index is 12.6. The fraction of sp³-hybridized carbons (Fsp3) is 0.412. The van der Waals surface area contributed by atoms with E-state index in [4.69, 9.17) is 0 Å². The van der Waals surface area contributed by atoms with Crippen LogP contribution in [0.5, 0.6) is 0 Å². The van der Waals surface area contributed by atoms with Crippen molar-refractivity contribution in [2.24, 2.45) is 0 Å². The first-order valence-electron chi connectivity index (χ1n) is 7.44. The third-order valence-electron chi connectivity index (χ3n) is 4.59. The zero-order valence-electron chi connectivity index (χ0n) is 12.8. The molecule has 1 aliphatic carbocycles. The maximum absolute atomic E-state index is 12.6. The largest absolute Gasteiger partial charge is 0.341 e. The Bertz CT molecular complexity index is 689. The first-order chi connectivity index (χ1) is 10.0. The van der Waals surface area contributed by atoms with Gasteiger partial charge in [-0.05, 0) is 51.2 Å². The van der Waals surface area contributed by atoms with E-state index in [0.29, 0.717) is 5.69 Å². The summed E-state index contributed by atoms with van der Waals surface area (Å²) in [5.74, 6) is -0.101. The Labute approximate surface area is 125 Å². The molecule has 0 saturated heterocycles. The molecule has 21 heavy (non-hydrogen) atoms. The van der Waals surface area contributed by atoms with Gasteiger partial charge in [0.05, 0.1) is 5.54 Å². The summed E-state index contributed by atoms with van der Waals surface area (Å²) in [6.45, 7) is 5.96. The number of aromatic amines is 1. The number of benzene rings is 1. The van der Waals surface area contributed by atoms with Gasteiger partial charge in [-0.3, -0.25) is 9.89 Å². The van der Waals surface area contributed by atoms with E-state index in [1.54, 1.807) is 0 Å². The number of fused-ring (bicyclic) bond motifs is 1. The molecule has 1 amide bonds. The molecule has 3 rings (SSSR count). The molecular formula is C17H21N3O. The molecule has 0 fully saturated rings. The van der Waals surface area contributed by atoms with Crippen molar-refractivity contribution < 1.29 is 4.79 Å². The molecule has 1 aromatic heterocycles. The lowest BCUT2D eigenvalue weighted by atomic mass is 9.77. The van der Waals surface area contributed by atoms with Crippen LogP contribution in [-0.2, 0) is 12.0 Å². The second kappa shape index (κ2) is 5.02. The van der Waals surface area contributed by atoms with E-state index in [9.17, 15) is 4.79 Å². The first kappa shape index (κ1) is 13.9. The highest BCUT2D eigenvalue weighted by atomic mass is 16.2. The number of hydrogen-bond donors (Lipinski definition) is 2. The third-order valence-corrected chi connectivity index (χ3v) is 4.59. The molecule has 4 heteroatoms. The summed E-state index contributed by atoms with van der Waals surface area (Å²) in [7, 11) is 0. The topological polar surface area (TPSA) is 57.8 Å². The Balaban J connectivity index is 1.91. The number of carbonyl (C=O) groups excluding carboxylic acids is 1. The number of carbonyl (C=O) groups is 1. The van der Waals surface area contributed by atoms with Gasteiger partial charge in [-0.25, -0.2) is 0 Å². The minimum Gasteiger partial charge on any atom is -0.341 e. The van der Waals surface area contributed by atoms with Gasteiger partial charge in [0.15, 0.2) is 5.69 Å². The van der Waals surface area contributed by atoms with Gasteiger partial charge in [-0.1, -0.05) is 24.3 Å². The van der Waals surface area contributed by atoms with Crippen LogP contribution in [0, 0.1) is 13.8 Å². The molecule has 0 saturated carbocycles. The fourth-order valence-electron chi connectivity index (χ4n) is 3.19. The molecule has 2 N–H and O–H groups in total. The minimum atomic E-state index is -0.314. The van der Waals surface area contributed by atoms with E-state index in [-0.39, 0.29) is 11.4 Å². The van der Waals surface area contributed by atoms with Crippen molar-refractivity contribution in [1.82, 2.24) is 15.5 Å². The van der Waals surface area contributed by atoms with Crippen molar-refractivity contribution in [3.8, 4) is 0 Å². The van der Waals surface area contributed by atoms with Crippen LogP contribution in [0.2, 0.25) is 0 Å². The second-order valence-electron chi connectivity index (χ2n) is 6.12. The molecule has 2 aromatic rings. The van der Waals surface area contributed by atoms with Crippen LogP contribution >= 0.6 is 0 Å². The predicted octanol–water partition coefficient (Wildman–Crippen LogP) is 3.01. The molecular weight excluding hydrogens is 262 g/mol. The summed E-state index contributed by atoms with van der Waals surface area (Å²) < 4.78 is 0. The molecule has 1 unspecified atom stereocenters. The molecule has 1 aromatic carbocycles. The smallest absolute Gasteiger partial charge is 0.272 e. The highest BCUT2D eigenvalue weighted by Gasteiger charge is 2.34. The summed E-state index contributed by atoms with van der Waals surface area (Å²) in [5.41, 5.74) is 4.60. The molecule has 1 aliphatic rings. The van der Waals surface area contributed by atoms with Gasteiger partial charge < -0.3 is 5.32 Å². The normalized spacial score (nSPS) is 20.9. The summed E-state index contributed by atoms with van der Waals surface area (Å²) in [6.07, 6.45) is 3.13. The van der Waals surface area contributed by atoms with Crippen LogP contribution < -0.4 is 5.32 Å². The second-order valence-corrected chi connectivity index (χ2v) is 6.12. The average molecular weight is 283 g/mol. The Morgan fingerprint density at radius 2 is 2.10 bits per heavy atom. The van der Waals surface area contributed by atoms with E-state index in [1.807, 2.05) is 19.9 Å². The number of hydrogen-bond acceptors (Lipinski definition) is 2. The van der Waals surface area contributed by atoms with Crippen molar-refractivity contribution >= 4 is 5.91 Å². The molecule has 1 atom stereocenters. The van der Waals surface area contributed by atoms with E-state index >= 15 is 0 Å². The molecule has 4 nitrogen and oxygen atoms in total. The standard InChI is InChI=1S/C17H21N3O/c1-11-12(2)19-20-15(11)16(21)18-17(3)10-6-8-13-7-4-5-9-14(13)17/h4-5,7,9H,6,8,10H2,1-3H3,(H,18,21)(H,19,20). The molecule has 0 bridgehead atoms. The van der Waals surface area contributed by atoms with Gasteiger partial charge in [0.1, 0.15) is 0 Å². The average Bonchev–Trinajstić information content (AvgIpc) is 2.79. The van der Waals surface area contributed by atoms with Crippen LogP contribution in [0.25, 0.3) is 0 Å². The molecule has 0 aliphatic heterocycles. The monoisotopic (exact) mass is 283 g/mol. The molecule has 0 spiro atoms. The number of rotatable bonds is 2. The number of H-pyrrole nitrogens is 1. The summed E-state index contributed by atoms with van der Waals surface area (Å²) in [4.78, 5) is 12.6. The van der Waals surface area contributed by atoms with Crippen LogP contribution in [0.3, 0.4) is 0 Å². The zero-order chi connectivity index (χ0) is 15.0. The van der Waals surface area contributed by atoms with Crippen molar-refractivity contribution in [1.29, 1.82) is 0 Å². The Hall–Kier alpha value is -2.10. The fourth-order valence-corrected chi connectivity index (χ4v) is 3.19. The SMILES string of the molecule is Cc1[nH]nc(C(=O)NC2(C)CCCc3ccccc32)c1C. The first-order valence-corrected chi connectivity index (χ1v) is 7.44. The van der Waals surface area contributed by atoms with Gasteiger partial charge in [0.25, 0.3) is 5.91 Å². The number of aryl methyl sites for hydroxylation is 2. The van der Waals surface area contributed by atoms with Gasteiger partial charge in [0.2, 0.25) is 0 Å². The summed E-state index contributed by atoms with van der Waals surface area (Å²) >= 11 is 0. The van der Waals surface area contributed by atoms with Gasteiger partial charge in [-0.15, -0.1) is 0 Å². The Kier molecular flexibility index (Phi) is 3.32. The zero-order valence-corrected chi connectivity index (χ0v) is 12.8. The van der Waals surface area contributed by atoms with Crippen LogP contribution in [0.4, 0.5) is 0 Å². The van der Waals surface area contributed by atoms with Crippen molar-refractivity contribution in [2.75, 3.05) is 0 Å². The number of aromatic nitrogens is 2. The Morgan fingerprint density at radius 3 is 2.81 bits per heavy atom. The lowest BCUT2D eigenvalue weighted by Gasteiger charge is -2.36. The van der Waals surface area contributed by atoms with Crippen molar-refractivity contribution in [3.05, 3.63) is 52.3 Å². The van der Waals surface area contributed by atoms with Crippen molar-refractivity contribution in [3.63, 3.8) is 0 Å².